The lowest BCUT2D eigenvalue weighted by molar-refractivity contribution is 0.497. The normalized spacial score (nSPS) is 14.0. The molecular formula is C19H17ClN2. The summed E-state index contributed by atoms with van der Waals surface area (Å²) in [6.07, 6.45) is 5.40. The van der Waals surface area contributed by atoms with Gasteiger partial charge in [-0.15, -0.1) is 6.42 Å². The number of anilines is 1. The molecular weight excluding hydrogens is 292 g/mol. The highest BCUT2D eigenvalue weighted by atomic mass is 35.5. The first kappa shape index (κ1) is 14.6. The average molecular weight is 309 g/mol. The molecule has 0 aliphatic carbocycles. The Balaban J connectivity index is 1.70. The third-order valence-corrected chi connectivity index (χ3v) is 4.19. The summed E-state index contributed by atoms with van der Waals surface area (Å²) < 4.78 is 0. The second-order valence-corrected chi connectivity index (χ2v) is 5.75. The molecule has 0 spiro atoms. The van der Waals surface area contributed by atoms with Crippen LogP contribution in [0.1, 0.15) is 11.1 Å². The van der Waals surface area contributed by atoms with Crippen LogP contribution in [0.5, 0.6) is 0 Å². The monoisotopic (exact) mass is 308 g/mol. The van der Waals surface area contributed by atoms with E-state index >= 15 is 0 Å². The van der Waals surface area contributed by atoms with Crippen molar-refractivity contribution >= 4 is 23.0 Å². The summed E-state index contributed by atoms with van der Waals surface area (Å²) in [6, 6.07) is 15.9. The molecule has 1 heterocycles. The summed E-state index contributed by atoms with van der Waals surface area (Å²) in [6.45, 7) is 6.98. The summed E-state index contributed by atoms with van der Waals surface area (Å²) in [4.78, 5) is 4.60. The zero-order chi connectivity index (χ0) is 15.5. The highest BCUT2D eigenvalue weighted by Gasteiger charge is 2.21. The van der Waals surface area contributed by atoms with Crippen molar-refractivity contribution in [2.24, 2.45) is 0 Å². The van der Waals surface area contributed by atoms with Crippen molar-refractivity contribution in [2.45, 2.75) is 0 Å². The topological polar surface area (TPSA) is 6.48 Å². The van der Waals surface area contributed by atoms with Crippen LogP contribution in [0.3, 0.4) is 0 Å². The summed E-state index contributed by atoms with van der Waals surface area (Å²) in [5, 5.41) is 0.744. The van der Waals surface area contributed by atoms with Gasteiger partial charge < -0.3 is 9.80 Å². The first-order valence-corrected chi connectivity index (χ1v) is 7.56. The van der Waals surface area contributed by atoms with Gasteiger partial charge in [-0.25, -0.2) is 0 Å². The van der Waals surface area contributed by atoms with Crippen LogP contribution in [-0.2, 0) is 0 Å². The van der Waals surface area contributed by atoms with Gasteiger partial charge in [0.2, 0.25) is 0 Å². The van der Waals surface area contributed by atoms with E-state index in [2.05, 4.69) is 34.4 Å². The standard InChI is InChI=1S/C19H17ClN2/c1-3-16-4-10-19(11-5-16)22-13-12-21(14-22)15(2)17-6-8-18(20)9-7-17/h1,4-11H,2,12-14H2. The first-order valence-electron chi connectivity index (χ1n) is 7.19. The predicted molar refractivity (Wildman–Crippen MR) is 93.8 cm³/mol. The van der Waals surface area contributed by atoms with Gasteiger partial charge in [0.15, 0.2) is 0 Å². The summed E-state index contributed by atoms with van der Waals surface area (Å²) in [5.41, 5.74) is 4.23. The van der Waals surface area contributed by atoms with Gasteiger partial charge in [-0.05, 0) is 42.0 Å². The minimum Gasteiger partial charge on any atom is -0.352 e. The van der Waals surface area contributed by atoms with Gasteiger partial charge in [-0.3, -0.25) is 0 Å². The zero-order valence-corrected chi connectivity index (χ0v) is 13.1. The van der Waals surface area contributed by atoms with Crippen LogP contribution in [-0.4, -0.2) is 24.7 Å². The number of hydrogen-bond donors (Lipinski definition) is 0. The van der Waals surface area contributed by atoms with Gasteiger partial charge >= 0.3 is 0 Å². The number of benzene rings is 2. The van der Waals surface area contributed by atoms with Crippen molar-refractivity contribution in [3.05, 3.63) is 71.3 Å². The van der Waals surface area contributed by atoms with Crippen LogP contribution in [0.4, 0.5) is 5.69 Å². The first-order chi connectivity index (χ1) is 10.7. The van der Waals surface area contributed by atoms with Crippen molar-refractivity contribution in [3.63, 3.8) is 0 Å². The Hall–Kier alpha value is -2.37. The molecule has 0 amide bonds. The van der Waals surface area contributed by atoms with E-state index in [1.54, 1.807) is 0 Å². The number of hydrogen-bond acceptors (Lipinski definition) is 2. The molecule has 1 aliphatic heterocycles. The lowest BCUT2D eigenvalue weighted by Crippen LogP contribution is -2.23. The largest absolute Gasteiger partial charge is 0.352 e. The SMILES string of the molecule is C#Cc1ccc(N2CCN(C(=C)c3ccc(Cl)cc3)C2)cc1. The van der Waals surface area contributed by atoms with E-state index in [4.69, 9.17) is 18.0 Å². The van der Waals surface area contributed by atoms with Gasteiger partial charge in [0.1, 0.15) is 0 Å². The molecule has 0 radical (unpaired) electrons. The van der Waals surface area contributed by atoms with Crippen LogP contribution in [0.25, 0.3) is 5.70 Å². The summed E-state index contributed by atoms with van der Waals surface area (Å²) in [7, 11) is 0. The number of terminal acetylenes is 1. The molecule has 0 unspecified atom stereocenters. The third-order valence-electron chi connectivity index (χ3n) is 3.94. The molecule has 0 bridgehead atoms. The second-order valence-electron chi connectivity index (χ2n) is 5.31. The maximum Gasteiger partial charge on any atom is 0.0904 e. The molecule has 2 aromatic rings. The molecule has 0 aromatic heterocycles. The Morgan fingerprint density at radius 3 is 2.36 bits per heavy atom. The van der Waals surface area contributed by atoms with E-state index in [9.17, 15) is 0 Å². The lowest BCUT2D eigenvalue weighted by Gasteiger charge is -2.23. The lowest BCUT2D eigenvalue weighted by atomic mass is 10.1. The van der Waals surface area contributed by atoms with Crippen LogP contribution in [0, 0.1) is 12.3 Å². The van der Waals surface area contributed by atoms with Crippen LogP contribution >= 0.6 is 11.6 Å². The van der Waals surface area contributed by atoms with Crippen molar-refractivity contribution in [2.75, 3.05) is 24.7 Å². The molecule has 0 atom stereocenters. The van der Waals surface area contributed by atoms with E-state index in [1.165, 1.54) is 5.69 Å². The highest BCUT2D eigenvalue weighted by molar-refractivity contribution is 6.30. The van der Waals surface area contributed by atoms with Crippen LogP contribution < -0.4 is 4.90 Å². The van der Waals surface area contributed by atoms with E-state index < -0.39 is 0 Å². The molecule has 0 N–H and O–H groups in total. The van der Waals surface area contributed by atoms with Gasteiger partial charge in [0, 0.05) is 35.1 Å². The number of rotatable bonds is 3. The fraction of sp³-hybridized carbons (Fsp3) is 0.158. The second kappa shape index (κ2) is 6.17. The molecule has 1 saturated heterocycles. The van der Waals surface area contributed by atoms with Gasteiger partial charge in [-0.1, -0.05) is 36.2 Å². The van der Waals surface area contributed by atoms with Crippen molar-refractivity contribution in [1.29, 1.82) is 0 Å². The number of nitrogens with zero attached hydrogens (tertiary/aromatic N) is 2. The smallest absolute Gasteiger partial charge is 0.0904 e. The van der Waals surface area contributed by atoms with Crippen LogP contribution in [0.2, 0.25) is 5.02 Å². The van der Waals surface area contributed by atoms with Crippen molar-refractivity contribution in [1.82, 2.24) is 4.90 Å². The molecule has 3 heteroatoms. The maximum atomic E-state index is 5.94. The van der Waals surface area contributed by atoms with E-state index in [1.807, 2.05) is 36.4 Å². The Labute approximate surface area is 136 Å². The predicted octanol–water partition coefficient (Wildman–Crippen LogP) is 4.07. The quantitative estimate of drug-likeness (QED) is 0.789. The fourth-order valence-electron chi connectivity index (χ4n) is 2.61. The average Bonchev–Trinajstić information content (AvgIpc) is 3.05. The molecule has 0 saturated carbocycles. The van der Waals surface area contributed by atoms with Crippen molar-refractivity contribution < 1.29 is 0 Å². The minimum atomic E-state index is 0.744. The summed E-state index contributed by atoms with van der Waals surface area (Å²) in [5.74, 6) is 2.64. The fourth-order valence-corrected chi connectivity index (χ4v) is 2.74. The minimum absolute atomic E-state index is 0.744. The molecule has 2 aromatic carbocycles. The highest BCUT2D eigenvalue weighted by Crippen LogP contribution is 2.25. The zero-order valence-electron chi connectivity index (χ0n) is 12.3. The molecule has 1 aliphatic rings. The van der Waals surface area contributed by atoms with Gasteiger partial charge in [0.05, 0.1) is 6.67 Å². The molecule has 22 heavy (non-hydrogen) atoms. The third kappa shape index (κ3) is 2.95. The molecule has 110 valence electrons. The van der Waals surface area contributed by atoms with Crippen LogP contribution in [0.15, 0.2) is 55.1 Å². The molecule has 3 rings (SSSR count). The Kier molecular flexibility index (Phi) is 4.09. The molecule has 2 nitrogen and oxygen atoms in total. The van der Waals surface area contributed by atoms with E-state index in [0.717, 1.165) is 41.6 Å². The molecule has 1 fully saturated rings. The van der Waals surface area contributed by atoms with Gasteiger partial charge in [-0.2, -0.15) is 0 Å². The van der Waals surface area contributed by atoms with Gasteiger partial charge in [0.25, 0.3) is 0 Å². The Morgan fingerprint density at radius 1 is 1.05 bits per heavy atom. The maximum absolute atomic E-state index is 5.94. The van der Waals surface area contributed by atoms with E-state index in [0.29, 0.717) is 0 Å². The number of halogens is 1. The Bertz CT molecular complexity index is 711. The van der Waals surface area contributed by atoms with Crippen molar-refractivity contribution in [3.8, 4) is 12.3 Å². The summed E-state index contributed by atoms with van der Waals surface area (Å²) >= 11 is 5.94. The Morgan fingerprint density at radius 2 is 1.73 bits per heavy atom. The van der Waals surface area contributed by atoms with E-state index in [-0.39, 0.29) is 0 Å².